The first-order valence-corrected chi connectivity index (χ1v) is 7.97. The van der Waals surface area contributed by atoms with Crippen LogP contribution in [0.1, 0.15) is 50.3 Å². The van der Waals surface area contributed by atoms with Gasteiger partial charge in [0.15, 0.2) is 0 Å². The molecule has 3 heteroatoms. The fourth-order valence-corrected chi connectivity index (χ4v) is 3.59. The fourth-order valence-electron chi connectivity index (χ4n) is 3.13. The molecule has 0 spiro atoms. The first-order valence-electron chi connectivity index (χ1n) is 7.17. The van der Waals surface area contributed by atoms with E-state index >= 15 is 0 Å². The van der Waals surface area contributed by atoms with Gasteiger partial charge in [-0.2, -0.15) is 0 Å². The maximum atomic E-state index is 6.33. The monoisotopic (exact) mass is 321 g/mol. The van der Waals surface area contributed by atoms with E-state index in [-0.39, 0.29) is 6.04 Å². The van der Waals surface area contributed by atoms with Gasteiger partial charge in [0.05, 0.1) is 10.5 Å². The summed E-state index contributed by atoms with van der Waals surface area (Å²) in [7, 11) is 0. The van der Waals surface area contributed by atoms with Crippen molar-refractivity contribution in [3.63, 3.8) is 0 Å². The summed E-state index contributed by atoms with van der Waals surface area (Å²) in [5.41, 5.74) is 7.24. The number of nitrogens with two attached hydrogens (primary N) is 1. The molecule has 0 aliphatic heterocycles. The Labute approximate surface area is 122 Å². The molecular formula is C16H20BrNO. The average molecular weight is 322 g/mol. The standard InChI is InChI=1S/C16H20BrNO/c17-13-8-4-7-12-10-15(19-16(12)13)14(18)9-11-5-2-1-3-6-11/h4,7-8,10-11,14H,1-3,5-6,9,18H2. The number of furan rings is 1. The van der Waals surface area contributed by atoms with E-state index in [4.69, 9.17) is 10.2 Å². The first-order chi connectivity index (χ1) is 9.24. The lowest BCUT2D eigenvalue weighted by molar-refractivity contribution is 0.306. The highest BCUT2D eigenvalue weighted by molar-refractivity contribution is 9.10. The summed E-state index contributed by atoms with van der Waals surface area (Å²) in [6.45, 7) is 0. The highest BCUT2D eigenvalue weighted by Crippen LogP contribution is 2.34. The van der Waals surface area contributed by atoms with Crippen molar-refractivity contribution < 1.29 is 4.42 Å². The molecule has 102 valence electrons. The first kappa shape index (κ1) is 13.2. The van der Waals surface area contributed by atoms with Gasteiger partial charge in [-0.15, -0.1) is 0 Å². The van der Waals surface area contributed by atoms with E-state index in [1.54, 1.807) is 0 Å². The minimum absolute atomic E-state index is 0.0300. The molecule has 19 heavy (non-hydrogen) atoms. The molecule has 2 N–H and O–H groups in total. The third-order valence-electron chi connectivity index (χ3n) is 4.19. The van der Waals surface area contributed by atoms with Gasteiger partial charge in [-0.25, -0.2) is 0 Å². The molecule has 0 radical (unpaired) electrons. The molecule has 1 aliphatic rings. The summed E-state index contributed by atoms with van der Waals surface area (Å²) in [5, 5.41) is 1.13. The Balaban J connectivity index is 1.77. The lowest BCUT2D eigenvalue weighted by Gasteiger charge is -2.23. The van der Waals surface area contributed by atoms with Gasteiger partial charge in [0.1, 0.15) is 11.3 Å². The third kappa shape index (κ3) is 2.87. The van der Waals surface area contributed by atoms with Crippen LogP contribution in [0.4, 0.5) is 0 Å². The van der Waals surface area contributed by atoms with Crippen molar-refractivity contribution in [1.29, 1.82) is 0 Å². The Morgan fingerprint density at radius 3 is 2.79 bits per heavy atom. The van der Waals surface area contributed by atoms with Crippen LogP contribution < -0.4 is 5.73 Å². The molecule has 0 bridgehead atoms. The van der Waals surface area contributed by atoms with E-state index in [2.05, 4.69) is 28.1 Å². The van der Waals surface area contributed by atoms with Crippen molar-refractivity contribution in [3.05, 3.63) is 34.5 Å². The molecule has 1 aliphatic carbocycles. The van der Waals surface area contributed by atoms with Crippen molar-refractivity contribution in [2.75, 3.05) is 0 Å². The van der Waals surface area contributed by atoms with Crippen LogP contribution in [0, 0.1) is 5.92 Å². The van der Waals surface area contributed by atoms with Crippen LogP contribution >= 0.6 is 15.9 Å². The van der Waals surface area contributed by atoms with E-state index in [1.807, 2.05) is 12.1 Å². The molecule has 2 aromatic rings. The maximum absolute atomic E-state index is 6.33. The molecule has 1 saturated carbocycles. The van der Waals surface area contributed by atoms with Crippen LogP contribution in [0.2, 0.25) is 0 Å². The molecule has 0 saturated heterocycles. The van der Waals surface area contributed by atoms with E-state index in [0.717, 1.165) is 33.5 Å². The summed E-state index contributed by atoms with van der Waals surface area (Å²) in [4.78, 5) is 0. The van der Waals surface area contributed by atoms with Crippen LogP contribution in [-0.2, 0) is 0 Å². The van der Waals surface area contributed by atoms with Crippen molar-refractivity contribution in [2.24, 2.45) is 11.7 Å². The molecule has 1 fully saturated rings. The van der Waals surface area contributed by atoms with Gasteiger partial charge in [0, 0.05) is 5.39 Å². The smallest absolute Gasteiger partial charge is 0.148 e. The Morgan fingerprint density at radius 2 is 2.05 bits per heavy atom. The van der Waals surface area contributed by atoms with Gasteiger partial charge in [0.2, 0.25) is 0 Å². The highest BCUT2D eigenvalue weighted by Gasteiger charge is 2.20. The fraction of sp³-hybridized carbons (Fsp3) is 0.500. The van der Waals surface area contributed by atoms with Crippen LogP contribution in [0.3, 0.4) is 0 Å². The van der Waals surface area contributed by atoms with E-state index in [1.165, 1.54) is 32.1 Å². The molecular weight excluding hydrogens is 302 g/mol. The Bertz CT molecular complexity index is 557. The minimum Gasteiger partial charge on any atom is -0.458 e. The summed E-state index contributed by atoms with van der Waals surface area (Å²) in [5.74, 6) is 1.70. The van der Waals surface area contributed by atoms with E-state index in [0.29, 0.717) is 0 Å². The normalized spacial score (nSPS) is 18.8. The number of benzene rings is 1. The highest BCUT2D eigenvalue weighted by atomic mass is 79.9. The zero-order valence-electron chi connectivity index (χ0n) is 11.1. The largest absolute Gasteiger partial charge is 0.458 e. The molecule has 1 heterocycles. The number of hydrogen-bond donors (Lipinski definition) is 1. The average Bonchev–Trinajstić information content (AvgIpc) is 2.85. The molecule has 2 nitrogen and oxygen atoms in total. The second kappa shape index (κ2) is 5.68. The SMILES string of the molecule is NC(CC1CCCCC1)c1cc2cccc(Br)c2o1. The number of hydrogen-bond acceptors (Lipinski definition) is 2. The van der Waals surface area contributed by atoms with Gasteiger partial charge < -0.3 is 10.2 Å². The van der Waals surface area contributed by atoms with E-state index < -0.39 is 0 Å². The Hall–Kier alpha value is -0.800. The summed E-state index contributed by atoms with van der Waals surface area (Å²) in [6, 6.07) is 8.22. The third-order valence-corrected chi connectivity index (χ3v) is 4.82. The van der Waals surface area contributed by atoms with Gasteiger partial charge in [0.25, 0.3) is 0 Å². The lowest BCUT2D eigenvalue weighted by atomic mass is 9.84. The molecule has 1 atom stereocenters. The second-order valence-corrected chi connectivity index (χ2v) is 6.51. The predicted molar refractivity (Wildman–Crippen MR) is 82.0 cm³/mol. The zero-order valence-corrected chi connectivity index (χ0v) is 12.7. The summed E-state index contributed by atoms with van der Waals surface area (Å²) < 4.78 is 6.93. The Morgan fingerprint density at radius 1 is 1.26 bits per heavy atom. The molecule has 3 rings (SSSR count). The second-order valence-electron chi connectivity index (χ2n) is 5.65. The predicted octanol–water partition coefficient (Wildman–Crippen LogP) is 5.17. The number of para-hydroxylation sites is 1. The van der Waals surface area contributed by atoms with Crippen LogP contribution in [-0.4, -0.2) is 0 Å². The zero-order chi connectivity index (χ0) is 13.2. The van der Waals surface area contributed by atoms with Crippen molar-refractivity contribution in [2.45, 2.75) is 44.6 Å². The Kier molecular flexibility index (Phi) is 3.94. The van der Waals surface area contributed by atoms with Crippen LogP contribution in [0.15, 0.2) is 33.2 Å². The molecule has 0 amide bonds. The van der Waals surface area contributed by atoms with Gasteiger partial charge >= 0.3 is 0 Å². The van der Waals surface area contributed by atoms with E-state index in [9.17, 15) is 0 Å². The number of rotatable bonds is 3. The lowest BCUT2D eigenvalue weighted by Crippen LogP contribution is -2.16. The van der Waals surface area contributed by atoms with Crippen molar-refractivity contribution >= 4 is 26.9 Å². The topological polar surface area (TPSA) is 39.2 Å². The van der Waals surface area contributed by atoms with Gasteiger partial charge in [-0.3, -0.25) is 0 Å². The van der Waals surface area contributed by atoms with Gasteiger partial charge in [-0.1, -0.05) is 44.2 Å². The number of halogens is 1. The van der Waals surface area contributed by atoms with Crippen LogP contribution in [0.5, 0.6) is 0 Å². The quantitative estimate of drug-likeness (QED) is 0.847. The summed E-state index contributed by atoms with van der Waals surface area (Å²) >= 11 is 3.52. The van der Waals surface area contributed by atoms with Crippen LogP contribution in [0.25, 0.3) is 11.0 Å². The molecule has 1 unspecified atom stereocenters. The maximum Gasteiger partial charge on any atom is 0.148 e. The van der Waals surface area contributed by atoms with Crippen molar-refractivity contribution in [3.8, 4) is 0 Å². The molecule has 1 aromatic heterocycles. The minimum atomic E-state index is 0.0300. The summed E-state index contributed by atoms with van der Waals surface area (Å²) in [6.07, 6.45) is 7.84. The van der Waals surface area contributed by atoms with Crippen molar-refractivity contribution in [1.82, 2.24) is 0 Å². The molecule has 1 aromatic carbocycles. The number of fused-ring (bicyclic) bond motifs is 1. The van der Waals surface area contributed by atoms with Gasteiger partial charge in [-0.05, 0) is 40.4 Å².